The molecule has 0 N–H and O–H groups in total. The topological polar surface area (TPSA) is 9.23 Å². The van der Waals surface area contributed by atoms with E-state index >= 15 is 0 Å². The summed E-state index contributed by atoms with van der Waals surface area (Å²) in [6, 6.07) is 19.0. The highest BCUT2D eigenvalue weighted by molar-refractivity contribution is 5.64. The third kappa shape index (κ3) is 4.58. The van der Waals surface area contributed by atoms with Gasteiger partial charge in [-0.3, -0.25) is 0 Å². The molecular formula is C25H22F2O. The molecule has 0 fully saturated rings. The van der Waals surface area contributed by atoms with Gasteiger partial charge in [-0.2, -0.15) is 4.39 Å². The van der Waals surface area contributed by atoms with Crippen LogP contribution in [0.15, 0.2) is 60.7 Å². The van der Waals surface area contributed by atoms with Crippen LogP contribution in [-0.2, 0) is 6.42 Å². The van der Waals surface area contributed by atoms with Crippen molar-refractivity contribution in [3.05, 3.63) is 89.0 Å². The SMILES string of the molecule is CCCOc1ccc(C#Cc2ccc(-c3ccc(CC)cc3)cc2)c(F)c1F. The van der Waals surface area contributed by atoms with Crippen molar-refractivity contribution in [2.75, 3.05) is 6.61 Å². The summed E-state index contributed by atoms with van der Waals surface area (Å²) in [4.78, 5) is 0. The van der Waals surface area contributed by atoms with Crippen LogP contribution in [0.2, 0.25) is 0 Å². The Morgan fingerprint density at radius 2 is 1.39 bits per heavy atom. The number of ether oxygens (including phenoxy) is 1. The van der Waals surface area contributed by atoms with Crippen molar-refractivity contribution >= 4 is 0 Å². The first-order chi connectivity index (χ1) is 13.6. The molecule has 0 aliphatic heterocycles. The van der Waals surface area contributed by atoms with Crippen molar-refractivity contribution in [3.8, 4) is 28.7 Å². The zero-order valence-corrected chi connectivity index (χ0v) is 16.1. The molecule has 0 unspecified atom stereocenters. The van der Waals surface area contributed by atoms with E-state index in [9.17, 15) is 8.78 Å². The van der Waals surface area contributed by atoms with Gasteiger partial charge < -0.3 is 4.74 Å². The minimum absolute atomic E-state index is 0.0144. The molecule has 0 saturated heterocycles. The van der Waals surface area contributed by atoms with Crippen LogP contribution in [0, 0.1) is 23.5 Å². The predicted octanol–water partition coefficient (Wildman–Crippen LogP) is 6.38. The lowest BCUT2D eigenvalue weighted by molar-refractivity contribution is 0.295. The summed E-state index contributed by atoms with van der Waals surface area (Å²) in [6.07, 6.45) is 1.74. The summed E-state index contributed by atoms with van der Waals surface area (Å²) in [6.45, 7) is 4.37. The van der Waals surface area contributed by atoms with Crippen LogP contribution < -0.4 is 4.74 Å². The molecule has 0 amide bonds. The van der Waals surface area contributed by atoms with E-state index in [1.54, 1.807) is 0 Å². The third-order valence-corrected chi connectivity index (χ3v) is 4.43. The Labute approximate surface area is 165 Å². The summed E-state index contributed by atoms with van der Waals surface area (Å²) >= 11 is 0. The van der Waals surface area contributed by atoms with E-state index in [0.29, 0.717) is 6.61 Å². The van der Waals surface area contributed by atoms with E-state index in [4.69, 9.17) is 4.74 Å². The molecule has 28 heavy (non-hydrogen) atoms. The van der Waals surface area contributed by atoms with Gasteiger partial charge in [-0.15, -0.1) is 0 Å². The lowest BCUT2D eigenvalue weighted by Gasteiger charge is -2.06. The first-order valence-corrected chi connectivity index (χ1v) is 9.44. The van der Waals surface area contributed by atoms with Crippen LogP contribution in [0.25, 0.3) is 11.1 Å². The van der Waals surface area contributed by atoms with E-state index in [1.165, 1.54) is 17.7 Å². The van der Waals surface area contributed by atoms with E-state index in [0.717, 1.165) is 29.5 Å². The molecule has 0 heterocycles. The van der Waals surface area contributed by atoms with Gasteiger partial charge >= 0.3 is 0 Å². The summed E-state index contributed by atoms with van der Waals surface area (Å²) in [5, 5.41) is 0. The number of hydrogen-bond acceptors (Lipinski definition) is 1. The molecule has 3 aromatic rings. The van der Waals surface area contributed by atoms with Gasteiger partial charge in [-0.25, -0.2) is 4.39 Å². The minimum atomic E-state index is -0.994. The van der Waals surface area contributed by atoms with Gasteiger partial charge in [-0.1, -0.05) is 62.1 Å². The van der Waals surface area contributed by atoms with Crippen LogP contribution in [0.4, 0.5) is 8.78 Å². The summed E-state index contributed by atoms with van der Waals surface area (Å²) in [5.74, 6) is 3.55. The fourth-order valence-electron chi connectivity index (χ4n) is 2.77. The van der Waals surface area contributed by atoms with E-state index in [1.807, 2.05) is 31.2 Å². The van der Waals surface area contributed by atoms with Crippen molar-refractivity contribution in [3.63, 3.8) is 0 Å². The quantitative estimate of drug-likeness (QED) is 0.469. The van der Waals surface area contributed by atoms with E-state index in [2.05, 4.69) is 43.0 Å². The number of aryl methyl sites for hydroxylation is 1. The first-order valence-electron chi connectivity index (χ1n) is 9.44. The lowest BCUT2D eigenvalue weighted by atomic mass is 10.0. The standard InChI is InChI=1S/C25H22F2O/c1-3-17-28-23-16-15-22(24(26)25(23)27)14-9-19-7-12-21(13-8-19)20-10-5-18(4-2)6-11-20/h5-8,10-13,15-16H,3-4,17H2,1-2H3. The van der Waals surface area contributed by atoms with Gasteiger partial charge in [-0.05, 0) is 53.8 Å². The van der Waals surface area contributed by atoms with Gasteiger partial charge in [0.25, 0.3) is 0 Å². The molecular weight excluding hydrogens is 354 g/mol. The van der Waals surface area contributed by atoms with Gasteiger partial charge in [0.1, 0.15) is 0 Å². The fraction of sp³-hybridized carbons (Fsp3) is 0.200. The Hall–Kier alpha value is -3.12. The van der Waals surface area contributed by atoms with Crippen LogP contribution >= 0.6 is 0 Å². The molecule has 0 aliphatic carbocycles. The molecule has 0 radical (unpaired) electrons. The highest BCUT2D eigenvalue weighted by Gasteiger charge is 2.13. The monoisotopic (exact) mass is 376 g/mol. The predicted molar refractivity (Wildman–Crippen MR) is 109 cm³/mol. The van der Waals surface area contributed by atoms with Crippen molar-refractivity contribution in [1.29, 1.82) is 0 Å². The Bertz CT molecular complexity index is 994. The summed E-state index contributed by atoms with van der Waals surface area (Å²) in [7, 11) is 0. The largest absolute Gasteiger partial charge is 0.490 e. The molecule has 142 valence electrons. The second-order valence-electron chi connectivity index (χ2n) is 6.47. The van der Waals surface area contributed by atoms with E-state index < -0.39 is 11.6 Å². The molecule has 3 heteroatoms. The van der Waals surface area contributed by atoms with Crippen LogP contribution in [0.3, 0.4) is 0 Å². The average molecular weight is 376 g/mol. The molecule has 3 aromatic carbocycles. The van der Waals surface area contributed by atoms with Gasteiger partial charge in [0.05, 0.1) is 12.2 Å². The van der Waals surface area contributed by atoms with Crippen molar-refractivity contribution < 1.29 is 13.5 Å². The lowest BCUT2D eigenvalue weighted by Crippen LogP contribution is -2.00. The second-order valence-corrected chi connectivity index (χ2v) is 6.47. The Morgan fingerprint density at radius 1 is 0.750 bits per heavy atom. The normalized spacial score (nSPS) is 10.3. The Kier molecular flexibility index (Phi) is 6.45. The number of benzene rings is 3. The molecule has 0 bridgehead atoms. The maximum atomic E-state index is 14.2. The Morgan fingerprint density at radius 3 is 2.00 bits per heavy atom. The summed E-state index contributed by atoms with van der Waals surface area (Å²) < 4.78 is 33.4. The van der Waals surface area contributed by atoms with Crippen LogP contribution in [0.5, 0.6) is 5.75 Å². The molecule has 3 rings (SSSR count). The van der Waals surface area contributed by atoms with Crippen molar-refractivity contribution in [1.82, 2.24) is 0 Å². The second kappa shape index (κ2) is 9.19. The fourth-order valence-corrected chi connectivity index (χ4v) is 2.77. The molecule has 0 aliphatic rings. The molecule has 0 spiro atoms. The first kappa shape index (κ1) is 19.6. The number of rotatable bonds is 5. The smallest absolute Gasteiger partial charge is 0.201 e. The molecule has 0 atom stereocenters. The highest BCUT2D eigenvalue weighted by Crippen LogP contribution is 2.23. The van der Waals surface area contributed by atoms with E-state index in [-0.39, 0.29) is 11.3 Å². The van der Waals surface area contributed by atoms with Crippen molar-refractivity contribution in [2.24, 2.45) is 0 Å². The Balaban J connectivity index is 1.78. The van der Waals surface area contributed by atoms with Crippen molar-refractivity contribution in [2.45, 2.75) is 26.7 Å². The third-order valence-electron chi connectivity index (χ3n) is 4.43. The maximum absolute atomic E-state index is 14.2. The molecule has 1 nitrogen and oxygen atoms in total. The van der Waals surface area contributed by atoms with Gasteiger partial charge in [0.15, 0.2) is 11.6 Å². The van der Waals surface area contributed by atoms with Gasteiger partial charge in [0, 0.05) is 5.56 Å². The van der Waals surface area contributed by atoms with Gasteiger partial charge in [0.2, 0.25) is 5.82 Å². The zero-order chi connectivity index (χ0) is 19.9. The number of halogens is 2. The number of hydrogen-bond donors (Lipinski definition) is 0. The highest BCUT2D eigenvalue weighted by atomic mass is 19.2. The average Bonchev–Trinajstić information content (AvgIpc) is 2.74. The summed E-state index contributed by atoms with van der Waals surface area (Å²) in [5.41, 5.74) is 4.27. The maximum Gasteiger partial charge on any atom is 0.201 e. The minimum Gasteiger partial charge on any atom is -0.490 e. The van der Waals surface area contributed by atoms with Crippen LogP contribution in [0.1, 0.15) is 37.0 Å². The van der Waals surface area contributed by atoms with Crippen LogP contribution in [-0.4, -0.2) is 6.61 Å². The zero-order valence-electron chi connectivity index (χ0n) is 16.1. The molecule has 0 aromatic heterocycles. The molecule has 0 saturated carbocycles.